The van der Waals surface area contributed by atoms with Crippen LogP contribution in [0.4, 0.5) is 0 Å². The van der Waals surface area contributed by atoms with Gasteiger partial charge in [0.15, 0.2) is 0 Å². The lowest BCUT2D eigenvalue weighted by atomic mass is 9.88. The molecule has 2 atom stereocenters. The van der Waals surface area contributed by atoms with E-state index in [1.165, 1.54) is 11.1 Å². The number of nitrogens with zero attached hydrogens (tertiary/aromatic N) is 3. The molecular weight excluding hydrogens is 324 g/mol. The highest BCUT2D eigenvalue weighted by molar-refractivity contribution is 5.73. The molecule has 0 spiro atoms. The molecule has 0 aromatic carbocycles. The number of carbonyl (C=O) groups is 1. The third kappa shape index (κ3) is 4.10. The van der Waals surface area contributed by atoms with Crippen LogP contribution in [-0.2, 0) is 4.79 Å². The zero-order chi connectivity index (χ0) is 18.5. The zero-order valence-corrected chi connectivity index (χ0v) is 15.7. The molecule has 1 aliphatic heterocycles. The van der Waals surface area contributed by atoms with Crippen LogP contribution in [0.1, 0.15) is 66.7 Å². The fourth-order valence-corrected chi connectivity index (χ4v) is 4.08. The quantitative estimate of drug-likeness (QED) is 0.862. The molecule has 0 radical (unpaired) electrons. The average Bonchev–Trinajstić information content (AvgIpc) is 2.63. The second-order valence-corrected chi connectivity index (χ2v) is 7.18. The van der Waals surface area contributed by atoms with Crippen molar-refractivity contribution in [2.24, 2.45) is 5.73 Å². The van der Waals surface area contributed by atoms with Gasteiger partial charge in [0.25, 0.3) is 0 Å². The van der Waals surface area contributed by atoms with Crippen molar-refractivity contribution in [2.75, 3.05) is 6.54 Å². The van der Waals surface area contributed by atoms with Gasteiger partial charge in [-0.15, -0.1) is 0 Å². The molecule has 2 aromatic heterocycles. The van der Waals surface area contributed by atoms with Gasteiger partial charge in [0.1, 0.15) is 0 Å². The first-order valence-electron chi connectivity index (χ1n) is 9.45. The van der Waals surface area contributed by atoms with E-state index in [9.17, 15) is 4.79 Å². The van der Waals surface area contributed by atoms with Crippen LogP contribution in [0.15, 0.2) is 36.7 Å². The minimum Gasteiger partial charge on any atom is -0.370 e. The predicted molar refractivity (Wildman–Crippen MR) is 102 cm³/mol. The van der Waals surface area contributed by atoms with Gasteiger partial charge in [0.05, 0.1) is 23.5 Å². The largest absolute Gasteiger partial charge is 0.370 e. The maximum atomic E-state index is 11.2. The Bertz CT molecular complexity index is 708. The Balaban J connectivity index is 1.93. The molecule has 2 N–H and O–H groups in total. The van der Waals surface area contributed by atoms with Crippen molar-refractivity contribution in [1.82, 2.24) is 14.9 Å². The molecule has 26 heavy (non-hydrogen) atoms. The normalized spacial score (nSPS) is 20.8. The van der Waals surface area contributed by atoms with Gasteiger partial charge < -0.3 is 5.73 Å². The van der Waals surface area contributed by atoms with Crippen molar-refractivity contribution in [3.05, 3.63) is 59.2 Å². The lowest BCUT2D eigenvalue weighted by Gasteiger charge is -2.42. The number of rotatable bonds is 6. The molecule has 0 aliphatic carbocycles. The van der Waals surface area contributed by atoms with Crippen LogP contribution >= 0.6 is 0 Å². The number of hydrogen-bond acceptors (Lipinski definition) is 4. The summed E-state index contributed by atoms with van der Waals surface area (Å²) in [7, 11) is 0. The fraction of sp³-hybridized carbons (Fsp3) is 0.476. The Kier molecular flexibility index (Phi) is 5.99. The SMILES string of the molecule is Cc1cccnc1C1CCC[C@H](c2ncccc2C)N1CCCC(N)=O. The second-order valence-electron chi connectivity index (χ2n) is 7.18. The topological polar surface area (TPSA) is 72.1 Å². The maximum absolute atomic E-state index is 11.2. The van der Waals surface area contributed by atoms with Crippen molar-refractivity contribution in [3.63, 3.8) is 0 Å². The number of hydrogen-bond donors (Lipinski definition) is 1. The summed E-state index contributed by atoms with van der Waals surface area (Å²) in [6.07, 6.45) is 8.23. The van der Waals surface area contributed by atoms with Crippen LogP contribution < -0.4 is 5.73 Å². The number of likely N-dealkylation sites (tertiary alicyclic amines) is 1. The average molecular weight is 352 g/mol. The third-order valence-electron chi connectivity index (χ3n) is 5.33. The zero-order valence-electron chi connectivity index (χ0n) is 15.7. The van der Waals surface area contributed by atoms with Crippen molar-refractivity contribution >= 4 is 5.91 Å². The van der Waals surface area contributed by atoms with E-state index in [-0.39, 0.29) is 18.0 Å². The highest BCUT2D eigenvalue weighted by Crippen LogP contribution is 2.42. The lowest BCUT2D eigenvalue weighted by Crippen LogP contribution is -2.38. The van der Waals surface area contributed by atoms with E-state index in [0.29, 0.717) is 6.42 Å². The number of pyridine rings is 2. The monoisotopic (exact) mass is 352 g/mol. The Hall–Kier alpha value is -2.27. The fourth-order valence-electron chi connectivity index (χ4n) is 4.08. The van der Waals surface area contributed by atoms with Crippen LogP contribution in [-0.4, -0.2) is 27.3 Å². The molecule has 0 bridgehead atoms. The lowest BCUT2D eigenvalue weighted by molar-refractivity contribution is -0.118. The molecule has 1 aliphatic rings. The number of carbonyl (C=O) groups excluding carboxylic acids is 1. The summed E-state index contributed by atoms with van der Waals surface area (Å²) >= 11 is 0. The van der Waals surface area contributed by atoms with Crippen molar-refractivity contribution in [2.45, 2.75) is 58.0 Å². The summed E-state index contributed by atoms with van der Waals surface area (Å²) in [6.45, 7) is 5.07. The molecule has 3 heterocycles. The molecule has 5 nitrogen and oxygen atoms in total. The molecule has 138 valence electrons. The van der Waals surface area contributed by atoms with Crippen LogP contribution in [0.2, 0.25) is 0 Å². The molecule has 1 fully saturated rings. The van der Waals surface area contributed by atoms with Gasteiger partial charge in [-0.3, -0.25) is 19.7 Å². The summed E-state index contributed by atoms with van der Waals surface area (Å²) in [6, 6.07) is 8.73. The molecule has 1 saturated heterocycles. The van der Waals surface area contributed by atoms with E-state index in [1.807, 2.05) is 24.5 Å². The van der Waals surface area contributed by atoms with Gasteiger partial charge in [-0.05, 0) is 69.3 Å². The van der Waals surface area contributed by atoms with Crippen molar-refractivity contribution < 1.29 is 4.79 Å². The molecule has 3 rings (SSSR count). The van der Waals surface area contributed by atoms with E-state index in [1.54, 1.807) is 0 Å². The molecule has 5 heteroatoms. The van der Waals surface area contributed by atoms with E-state index >= 15 is 0 Å². The summed E-state index contributed by atoms with van der Waals surface area (Å²) in [4.78, 5) is 23.1. The number of aryl methyl sites for hydroxylation is 2. The third-order valence-corrected chi connectivity index (χ3v) is 5.33. The van der Waals surface area contributed by atoms with Crippen molar-refractivity contribution in [1.29, 1.82) is 0 Å². The highest BCUT2D eigenvalue weighted by atomic mass is 16.1. The molecular formula is C21H28N4O. The second kappa shape index (κ2) is 8.41. The first kappa shape index (κ1) is 18.5. The van der Waals surface area contributed by atoms with Crippen LogP contribution in [0.5, 0.6) is 0 Å². The number of nitrogens with two attached hydrogens (primary N) is 1. The summed E-state index contributed by atoms with van der Waals surface area (Å²) in [5.74, 6) is -0.238. The highest BCUT2D eigenvalue weighted by Gasteiger charge is 2.34. The first-order valence-corrected chi connectivity index (χ1v) is 9.45. The van der Waals surface area contributed by atoms with Gasteiger partial charge in [0.2, 0.25) is 5.91 Å². The Morgan fingerprint density at radius 1 is 1.08 bits per heavy atom. The Morgan fingerprint density at radius 3 is 2.08 bits per heavy atom. The van der Waals surface area contributed by atoms with E-state index in [4.69, 9.17) is 15.7 Å². The Morgan fingerprint density at radius 2 is 1.62 bits per heavy atom. The van der Waals surface area contributed by atoms with E-state index in [0.717, 1.165) is 43.6 Å². The van der Waals surface area contributed by atoms with E-state index < -0.39 is 0 Å². The minimum absolute atomic E-state index is 0.238. The number of aromatic nitrogens is 2. The summed E-state index contributed by atoms with van der Waals surface area (Å²) < 4.78 is 0. The predicted octanol–water partition coefficient (Wildman–Crippen LogP) is 3.63. The van der Waals surface area contributed by atoms with Gasteiger partial charge in [-0.2, -0.15) is 0 Å². The minimum atomic E-state index is -0.238. The standard InChI is InChI=1S/C21H28N4O/c1-15-7-4-12-23-20(15)17-9-3-10-18(21-16(2)8-5-13-24-21)25(17)14-6-11-19(22)26/h4-5,7-8,12-13,17-18H,3,6,9-11,14H2,1-2H3,(H2,22,26)/t17-,18?/m1/s1. The summed E-state index contributed by atoms with van der Waals surface area (Å²) in [5.41, 5.74) is 10.1. The molecule has 1 unspecified atom stereocenters. The number of piperidine rings is 1. The van der Waals surface area contributed by atoms with Gasteiger partial charge in [-0.25, -0.2) is 0 Å². The van der Waals surface area contributed by atoms with E-state index in [2.05, 4.69) is 30.9 Å². The van der Waals surface area contributed by atoms with Gasteiger partial charge >= 0.3 is 0 Å². The summed E-state index contributed by atoms with van der Waals surface area (Å²) in [5, 5.41) is 0. The number of primary amides is 1. The molecule has 2 aromatic rings. The maximum Gasteiger partial charge on any atom is 0.217 e. The molecule has 0 saturated carbocycles. The number of amides is 1. The van der Waals surface area contributed by atoms with Crippen LogP contribution in [0.3, 0.4) is 0 Å². The first-order chi connectivity index (χ1) is 12.6. The van der Waals surface area contributed by atoms with Gasteiger partial charge in [-0.1, -0.05) is 12.1 Å². The smallest absolute Gasteiger partial charge is 0.217 e. The van der Waals surface area contributed by atoms with Gasteiger partial charge in [0, 0.05) is 18.8 Å². The van der Waals surface area contributed by atoms with Crippen molar-refractivity contribution in [3.8, 4) is 0 Å². The van der Waals surface area contributed by atoms with Crippen LogP contribution in [0, 0.1) is 13.8 Å². The van der Waals surface area contributed by atoms with Crippen LogP contribution in [0.25, 0.3) is 0 Å². The molecule has 1 amide bonds. The Labute approximate surface area is 155 Å².